The summed E-state index contributed by atoms with van der Waals surface area (Å²) >= 11 is 18.5. The van der Waals surface area contributed by atoms with Gasteiger partial charge in [0.2, 0.25) is 0 Å². The third-order valence-corrected chi connectivity index (χ3v) is 5.83. The highest BCUT2D eigenvalue weighted by atomic mass is 35.5. The molecule has 7 nitrogen and oxygen atoms in total. The van der Waals surface area contributed by atoms with Gasteiger partial charge in [0.25, 0.3) is 5.91 Å². The lowest BCUT2D eigenvalue weighted by molar-refractivity contribution is 0.101. The van der Waals surface area contributed by atoms with Gasteiger partial charge in [0.1, 0.15) is 23.1 Å². The van der Waals surface area contributed by atoms with Gasteiger partial charge < -0.3 is 14.6 Å². The molecule has 0 fully saturated rings. The molecule has 0 bridgehead atoms. The van der Waals surface area contributed by atoms with E-state index in [2.05, 4.69) is 15.6 Å². The van der Waals surface area contributed by atoms with E-state index in [1.54, 1.807) is 36.0 Å². The average Bonchev–Trinajstić information content (AvgIpc) is 3.31. The van der Waals surface area contributed by atoms with Crippen LogP contribution >= 0.6 is 34.8 Å². The number of nitrogens with one attached hydrogen (secondary N) is 1. The van der Waals surface area contributed by atoms with Crippen molar-refractivity contribution in [1.82, 2.24) is 14.9 Å². The van der Waals surface area contributed by atoms with E-state index in [0.717, 1.165) is 11.1 Å². The minimum atomic E-state index is -0.507. The summed E-state index contributed by atoms with van der Waals surface area (Å²) in [6, 6.07) is 12.8. The van der Waals surface area contributed by atoms with E-state index in [1.807, 2.05) is 31.2 Å². The number of nitrogens with zero attached hydrogens (tertiary/aromatic N) is 3. The van der Waals surface area contributed by atoms with E-state index < -0.39 is 5.91 Å². The zero-order valence-electron chi connectivity index (χ0n) is 17.7. The number of anilines is 1. The van der Waals surface area contributed by atoms with Crippen LogP contribution in [-0.2, 0) is 13.2 Å². The highest BCUT2D eigenvalue weighted by Gasteiger charge is 2.22. The maximum absolute atomic E-state index is 12.9. The summed E-state index contributed by atoms with van der Waals surface area (Å²) in [5, 5.41) is 12.2. The Bertz CT molecular complexity index is 1320. The summed E-state index contributed by atoms with van der Waals surface area (Å²) in [6.07, 6.45) is 1.60. The van der Waals surface area contributed by atoms with Crippen LogP contribution in [0.15, 0.2) is 53.2 Å². The molecule has 0 aliphatic carbocycles. The smallest absolute Gasteiger partial charge is 0.279 e. The third kappa shape index (κ3) is 5.33. The summed E-state index contributed by atoms with van der Waals surface area (Å²) in [4.78, 5) is 12.9. The van der Waals surface area contributed by atoms with Crippen LogP contribution in [0.4, 0.5) is 5.82 Å². The molecule has 0 atom stereocenters. The Balaban J connectivity index is 1.48. The quantitative estimate of drug-likeness (QED) is 0.317. The van der Waals surface area contributed by atoms with Gasteiger partial charge in [-0.05, 0) is 43.2 Å². The van der Waals surface area contributed by atoms with Crippen molar-refractivity contribution in [3.8, 4) is 5.75 Å². The van der Waals surface area contributed by atoms with Crippen molar-refractivity contribution in [2.45, 2.75) is 27.0 Å². The molecule has 1 amide bonds. The molecule has 4 rings (SSSR count). The fourth-order valence-corrected chi connectivity index (χ4v) is 3.83. The van der Waals surface area contributed by atoms with Crippen molar-refractivity contribution < 1.29 is 14.1 Å². The Kier molecular flexibility index (Phi) is 6.93. The first kappa shape index (κ1) is 23.2. The molecular weight excluding hydrogens is 487 g/mol. The molecule has 0 aliphatic heterocycles. The van der Waals surface area contributed by atoms with E-state index in [9.17, 15) is 4.79 Å². The molecular formula is C23H19Cl3N4O3. The summed E-state index contributed by atoms with van der Waals surface area (Å²) in [5.74, 6) is 0.889. The van der Waals surface area contributed by atoms with Gasteiger partial charge in [-0.3, -0.25) is 9.48 Å². The molecule has 0 unspecified atom stereocenters. The Labute approximate surface area is 205 Å². The van der Waals surface area contributed by atoms with E-state index in [1.165, 1.54) is 0 Å². The Hall–Kier alpha value is -3.00. The molecule has 170 valence electrons. The largest absolute Gasteiger partial charge is 0.488 e. The lowest BCUT2D eigenvalue weighted by Gasteiger charge is -2.09. The second-order valence-corrected chi connectivity index (χ2v) is 8.58. The van der Waals surface area contributed by atoms with Gasteiger partial charge in [-0.1, -0.05) is 64.2 Å². The number of ether oxygens (including phenoxy) is 1. The van der Waals surface area contributed by atoms with Crippen LogP contribution < -0.4 is 10.1 Å². The normalized spacial score (nSPS) is 10.9. The molecule has 2 heterocycles. The summed E-state index contributed by atoms with van der Waals surface area (Å²) < 4.78 is 12.7. The van der Waals surface area contributed by atoms with Crippen LogP contribution in [0.25, 0.3) is 0 Å². The van der Waals surface area contributed by atoms with E-state index in [4.69, 9.17) is 44.1 Å². The number of benzene rings is 2. The second-order valence-electron chi connectivity index (χ2n) is 7.33. The molecule has 10 heteroatoms. The van der Waals surface area contributed by atoms with Crippen molar-refractivity contribution in [3.63, 3.8) is 0 Å². The molecule has 4 aromatic rings. The van der Waals surface area contributed by atoms with Crippen LogP contribution in [0, 0.1) is 13.8 Å². The summed E-state index contributed by atoms with van der Waals surface area (Å²) in [6.45, 7) is 4.14. The molecule has 2 aromatic heterocycles. The molecule has 1 N–H and O–H groups in total. The Morgan fingerprint density at radius 2 is 1.91 bits per heavy atom. The van der Waals surface area contributed by atoms with Crippen LogP contribution in [-0.4, -0.2) is 20.8 Å². The number of carbonyl (C=O) groups excluding carboxylic acids is 1. The average molecular weight is 506 g/mol. The fourth-order valence-electron chi connectivity index (χ4n) is 3.16. The van der Waals surface area contributed by atoms with Gasteiger partial charge in [-0.25, -0.2) is 0 Å². The molecule has 0 spiro atoms. The molecule has 0 saturated heterocycles. The highest BCUT2D eigenvalue weighted by molar-refractivity contribution is 6.35. The van der Waals surface area contributed by atoms with Crippen molar-refractivity contribution in [2.24, 2.45) is 0 Å². The first-order chi connectivity index (χ1) is 15.8. The number of aryl methyl sites for hydroxylation is 2. The standard InChI is InChI=1S/C23H19Cl3N4O3/c1-13-5-3-4-6-20(13)32-12-17-14(2)33-29-21(17)23(31)27-22-19(26)11-30(28-22)10-15-7-8-16(24)9-18(15)25/h3-9,11H,10,12H2,1-2H3,(H,27,28,31). The number of carbonyl (C=O) groups is 1. The SMILES string of the molecule is Cc1ccccc1OCc1c(C(=O)Nc2nn(Cc3ccc(Cl)cc3Cl)cc2Cl)noc1C. The Morgan fingerprint density at radius 3 is 2.67 bits per heavy atom. The lowest BCUT2D eigenvalue weighted by atomic mass is 10.2. The van der Waals surface area contributed by atoms with Crippen LogP contribution in [0.5, 0.6) is 5.75 Å². The van der Waals surface area contributed by atoms with E-state index >= 15 is 0 Å². The minimum absolute atomic E-state index is 0.104. The van der Waals surface area contributed by atoms with Gasteiger partial charge in [0.15, 0.2) is 11.5 Å². The first-order valence-corrected chi connectivity index (χ1v) is 11.1. The number of aromatic nitrogens is 3. The topological polar surface area (TPSA) is 82.2 Å². The van der Waals surface area contributed by atoms with Gasteiger partial charge in [0, 0.05) is 16.2 Å². The maximum Gasteiger partial charge on any atom is 0.279 e. The van der Waals surface area contributed by atoms with Gasteiger partial charge >= 0.3 is 0 Å². The number of halogens is 3. The Morgan fingerprint density at radius 1 is 1.12 bits per heavy atom. The fraction of sp³-hybridized carbons (Fsp3) is 0.174. The van der Waals surface area contributed by atoms with Crippen LogP contribution in [0.2, 0.25) is 15.1 Å². The lowest BCUT2D eigenvalue weighted by Crippen LogP contribution is -2.16. The number of hydrogen-bond donors (Lipinski definition) is 1. The predicted molar refractivity (Wildman–Crippen MR) is 128 cm³/mol. The van der Waals surface area contributed by atoms with Crippen molar-refractivity contribution in [1.29, 1.82) is 0 Å². The van der Waals surface area contributed by atoms with Crippen LogP contribution in [0.1, 0.15) is 32.9 Å². The van der Waals surface area contributed by atoms with Gasteiger partial charge in [-0.15, -0.1) is 0 Å². The maximum atomic E-state index is 12.9. The molecule has 0 saturated carbocycles. The number of hydrogen-bond acceptors (Lipinski definition) is 5. The summed E-state index contributed by atoms with van der Waals surface area (Å²) in [7, 11) is 0. The molecule has 2 aromatic carbocycles. The second kappa shape index (κ2) is 9.87. The monoisotopic (exact) mass is 504 g/mol. The van der Waals surface area contributed by atoms with Gasteiger partial charge in [-0.2, -0.15) is 5.10 Å². The number of para-hydroxylation sites is 1. The van der Waals surface area contributed by atoms with Gasteiger partial charge in [0.05, 0.1) is 12.1 Å². The zero-order valence-corrected chi connectivity index (χ0v) is 20.0. The number of rotatable bonds is 7. The summed E-state index contributed by atoms with van der Waals surface area (Å²) in [5.41, 5.74) is 2.43. The third-order valence-electron chi connectivity index (χ3n) is 4.96. The number of amides is 1. The molecule has 33 heavy (non-hydrogen) atoms. The molecule has 0 radical (unpaired) electrons. The van der Waals surface area contributed by atoms with Crippen molar-refractivity contribution in [2.75, 3.05) is 5.32 Å². The highest BCUT2D eigenvalue weighted by Crippen LogP contribution is 2.26. The van der Waals surface area contributed by atoms with E-state index in [-0.39, 0.29) is 23.1 Å². The first-order valence-electron chi connectivity index (χ1n) is 9.93. The van der Waals surface area contributed by atoms with Crippen molar-refractivity contribution in [3.05, 3.63) is 91.9 Å². The van der Waals surface area contributed by atoms with Crippen molar-refractivity contribution >= 4 is 46.5 Å². The predicted octanol–water partition coefficient (Wildman–Crippen LogP) is 6.33. The molecule has 0 aliphatic rings. The van der Waals surface area contributed by atoms with E-state index in [0.29, 0.717) is 33.7 Å². The van der Waals surface area contributed by atoms with Crippen LogP contribution in [0.3, 0.4) is 0 Å². The zero-order chi connectivity index (χ0) is 23.5. The minimum Gasteiger partial charge on any atom is -0.488 e.